The van der Waals surface area contributed by atoms with Gasteiger partial charge in [-0.25, -0.2) is 4.79 Å². The van der Waals surface area contributed by atoms with E-state index in [0.717, 1.165) is 22.9 Å². The van der Waals surface area contributed by atoms with Gasteiger partial charge in [0.15, 0.2) is 12.3 Å². The lowest BCUT2D eigenvalue weighted by Gasteiger charge is -2.10. The molecule has 24 heavy (non-hydrogen) atoms. The van der Waals surface area contributed by atoms with Gasteiger partial charge in [-0.15, -0.1) is 0 Å². The molecular weight excluding hydrogens is 308 g/mol. The van der Waals surface area contributed by atoms with E-state index in [2.05, 4.69) is 9.98 Å². The molecule has 0 amide bonds. The average Bonchev–Trinajstić information content (AvgIpc) is 3.27. The maximum atomic E-state index is 12.0. The number of rotatable bonds is 7. The zero-order valence-electron chi connectivity index (χ0n) is 13.7. The third-order valence-corrected chi connectivity index (χ3v) is 4.07. The second-order valence-corrected chi connectivity index (χ2v) is 5.68. The number of hydrogen-bond acceptors (Lipinski definition) is 5. The number of methoxy groups -OCH3 is 1. The number of carbonyl (C=O) groups excluding carboxylic acids is 1. The molecule has 128 valence electrons. The van der Waals surface area contributed by atoms with Gasteiger partial charge in [0, 0.05) is 29.9 Å². The Bertz CT molecular complexity index is 704. The van der Waals surface area contributed by atoms with Gasteiger partial charge < -0.3 is 19.2 Å². The van der Waals surface area contributed by atoms with Crippen molar-refractivity contribution in [3.05, 3.63) is 36.0 Å². The molecule has 6 nitrogen and oxygen atoms in total. The smallest absolute Gasteiger partial charge is 0.330 e. The Kier molecular flexibility index (Phi) is 5.61. The van der Waals surface area contributed by atoms with Crippen LogP contribution in [0.5, 0.6) is 0 Å². The van der Waals surface area contributed by atoms with E-state index >= 15 is 0 Å². The van der Waals surface area contributed by atoms with E-state index in [1.807, 2.05) is 30.5 Å². The van der Waals surface area contributed by atoms with Crippen LogP contribution in [0.3, 0.4) is 0 Å². The minimum Gasteiger partial charge on any atom is -0.467 e. The first-order chi connectivity index (χ1) is 11.8. The van der Waals surface area contributed by atoms with Crippen molar-refractivity contribution < 1.29 is 19.0 Å². The van der Waals surface area contributed by atoms with Crippen LogP contribution in [0.4, 0.5) is 0 Å². The van der Waals surface area contributed by atoms with Crippen LogP contribution in [0, 0.1) is 0 Å². The summed E-state index contributed by atoms with van der Waals surface area (Å²) >= 11 is 0. The fourth-order valence-corrected chi connectivity index (χ4v) is 2.83. The molecule has 0 saturated carbocycles. The predicted molar refractivity (Wildman–Crippen MR) is 91.2 cm³/mol. The molecule has 2 aromatic rings. The van der Waals surface area contributed by atoms with Gasteiger partial charge in [-0.2, -0.15) is 0 Å². The highest BCUT2D eigenvalue weighted by Gasteiger charge is 2.20. The number of para-hydroxylation sites is 1. The number of benzene rings is 1. The number of carbonyl (C=O) groups is 1. The summed E-state index contributed by atoms with van der Waals surface area (Å²) < 4.78 is 15.7. The van der Waals surface area contributed by atoms with E-state index in [9.17, 15) is 4.79 Å². The molecule has 3 rings (SSSR count). The van der Waals surface area contributed by atoms with Crippen LogP contribution in [0.1, 0.15) is 18.4 Å². The van der Waals surface area contributed by atoms with Crippen molar-refractivity contribution in [1.82, 2.24) is 4.98 Å². The molecule has 0 aliphatic carbocycles. The van der Waals surface area contributed by atoms with Gasteiger partial charge in [0.05, 0.1) is 20.3 Å². The van der Waals surface area contributed by atoms with Crippen molar-refractivity contribution in [1.29, 1.82) is 0 Å². The third-order valence-electron chi connectivity index (χ3n) is 4.07. The molecule has 1 saturated heterocycles. The Morgan fingerprint density at radius 1 is 1.42 bits per heavy atom. The predicted octanol–water partition coefficient (Wildman–Crippen LogP) is 2.48. The standard InChI is InChI=1S/C18H22N2O4/c1-22-18(21)16(19-8-4-7-17-23-9-10-24-17)11-13-12-20-15-6-3-2-5-14(13)15/h2-3,5-6,8,12,16-17,20H,4,7,9-11H2,1H3. The normalized spacial score (nSPS) is 16.9. The lowest BCUT2D eigenvalue weighted by atomic mass is 10.1. The van der Waals surface area contributed by atoms with E-state index in [1.54, 1.807) is 6.21 Å². The van der Waals surface area contributed by atoms with E-state index in [-0.39, 0.29) is 12.3 Å². The molecule has 2 heterocycles. The minimum atomic E-state index is -0.542. The van der Waals surface area contributed by atoms with Crippen molar-refractivity contribution >= 4 is 23.1 Å². The summed E-state index contributed by atoms with van der Waals surface area (Å²) in [5, 5.41) is 1.11. The van der Waals surface area contributed by atoms with Crippen LogP contribution < -0.4 is 0 Å². The molecule has 1 unspecified atom stereocenters. The molecule has 1 aromatic carbocycles. The number of fused-ring (bicyclic) bond motifs is 1. The maximum Gasteiger partial charge on any atom is 0.330 e. The van der Waals surface area contributed by atoms with E-state index in [0.29, 0.717) is 26.1 Å². The number of nitrogens with zero attached hydrogens (tertiary/aromatic N) is 1. The molecule has 6 heteroatoms. The highest BCUT2D eigenvalue weighted by molar-refractivity contribution is 5.85. The van der Waals surface area contributed by atoms with Gasteiger partial charge in [-0.05, 0) is 24.3 Å². The number of esters is 1. The fraction of sp³-hybridized carbons (Fsp3) is 0.444. The van der Waals surface area contributed by atoms with E-state index in [4.69, 9.17) is 14.2 Å². The first-order valence-corrected chi connectivity index (χ1v) is 8.15. The number of aromatic amines is 1. The van der Waals surface area contributed by atoms with Gasteiger partial charge >= 0.3 is 5.97 Å². The highest BCUT2D eigenvalue weighted by atomic mass is 16.7. The van der Waals surface area contributed by atoms with Gasteiger partial charge in [0.25, 0.3) is 0 Å². The Labute approximate surface area is 140 Å². The molecular formula is C18H22N2O4. The van der Waals surface area contributed by atoms with Crippen molar-refractivity contribution in [3.63, 3.8) is 0 Å². The summed E-state index contributed by atoms with van der Waals surface area (Å²) in [6.45, 7) is 1.29. The lowest BCUT2D eigenvalue weighted by molar-refractivity contribution is -0.142. The largest absolute Gasteiger partial charge is 0.467 e. The SMILES string of the molecule is COC(=O)C(Cc1c[nH]c2ccccc12)N=CCCC1OCCO1. The Balaban J connectivity index is 1.64. The number of hydrogen-bond donors (Lipinski definition) is 1. The summed E-state index contributed by atoms with van der Waals surface area (Å²) in [4.78, 5) is 19.7. The van der Waals surface area contributed by atoms with Crippen LogP contribution in [-0.4, -0.2) is 49.8 Å². The molecule has 1 aromatic heterocycles. The van der Waals surface area contributed by atoms with E-state index in [1.165, 1.54) is 7.11 Å². The fourth-order valence-electron chi connectivity index (χ4n) is 2.83. The van der Waals surface area contributed by atoms with Crippen molar-refractivity contribution in [3.8, 4) is 0 Å². The summed E-state index contributed by atoms with van der Waals surface area (Å²) in [7, 11) is 1.39. The summed E-state index contributed by atoms with van der Waals surface area (Å²) in [5.74, 6) is -0.329. The topological polar surface area (TPSA) is 72.9 Å². The minimum absolute atomic E-state index is 0.151. The van der Waals surface area contributed by atoms with Gasteiger partial charge in [-0.3, -0.25) is 4.99 Å². The molecule has 1 aliphatic rings. The van der Waals surface area contributed by atoms with Crippen LogP contribution in [0.2, 0.25) is 0 Å². The van der Waals surface area contributed by atoms with Crippen LogP contribution in [0.15, 0.2) is 35.5 Å². The van der Waals surface area contributed by atoms with Crippen LogP contribution in [0.25, 0.3) is 10.9 Å². The first kappa shape index (κ1) is 16.7. The van der Waals surface area contributed by atoms with Crippen molar-refractivity contribution in [2.45, 2.75) is 31.6 Å². The highest BCUT2D eigenvalue weighted by Crippen LogP contribution is 2.20. The number of H-pyrrole nitrogens is 1. The quantitative estimate of drug-likeness (QED) is 0.625. The van der Waals surface area contributed by atoms with Gasteiger partial charge in [0.1, 0.15) is 0 Å². The average molecular weight is 330 g/mol. The molecule has 0 spiro atoms. The summed E-state index contributed by atoms with van der Waals surface area (Å²) in [5.41, 5.74) is 2.11. The van der Waals surface area contributed by atoms with Gasteiger partial charge in [-0.1, -0.05) is 18.2 Å². The summed E-state index contributed by atoms with van der Waals surface area (Å²) in [6.07, 6.45) is 5.49. The second-order valence-electron chi connectivity index (χ2n) is 5.68. The van der Waals surface area contributed by atoms with Crippen LogP contribution in [-0.2, 0) is 25.4 Å². The third kappa shape index (κ3) is 4.01. The Morgan fingerprint density at radius 2 is 2.21 bits per heavy atom. The molecule has 1 fully saturated rings. The second kappa shape index (κ2) is 8.08. The zero-order valence-corrected chi connectivity index (χ0v) is 13.7. The molecule has 0 bridgehead atoms. The molecule has 1 atom stereocenters. The number of aliphatic imine (C=N–C) groups is 1. The lowest BCUT2D eigenvalue weighted by Crippen LogP contribution is -2.23. The van der Waals surface area contributed by atoms with Gasteiger partial charge in [0.2, 0.25) is 0 Å². The zero-order chi connectivity index (χ0) is 16.8. The Morgan fingerprint density at radius 3 is 3.00 bits per heavy atom. The number of nitrogens with one attached hydrogen (secondary N) is 1. The monoisotopic (exact) mass is 330 g/mol. The Hall–Kier alpha value is -2.18. The number of ether oxygens (including phenoxy) is 3. The molecule has 1 N–H and O–H groups in total. The van der Waals surface area contributed by atoms with Crippen molar-refractivity contribution in [2.75, 3.05) is 20.3 Å². The van der Waals surface area contributed by atoms with E-state index < -0.39 is 6.04 Å². The first-order valence-electron chi connectivity index (χ1n) is 8.15. The molecule has 0 radical (unpaired) electrons. The molecule has 1 aliphatic heterocycles. The number of aromatic nitrogens is 1. The van der Waals surface area contributed by atoms with Crippen LogP contribution >= 0.6 is 0 Å². The summed E-state index contributed by atoms with van der Waals surface area (Å²) in [6, 6.07) is 7.47. The maximum absolute atomic E-state index is 12.0. The van der Waals surface area contributed by atoms with Crippen molar-refractivity contribution in [2.24, 2.45) is 4.99 Å².